The maximum atomic E-state index is 6.16. The van der Waals surface area contributed by atoms with Gasteiger partial charge in [-0.3, -0.25) is 0 Å². The minimum absolute atomic E-state index is 0.00382. The van der Waals surface area contributed by atoms with E-state index < -0.39 is 0 Å². The van der Waals surface area contributed by atoms with Gasteiger partial charge in [0, 0.05) is 11.6 Å². The van der Waals surface area contributed by atoms with Gasteiger partial charge in [-0.15, -0.1) is 0 Å². The molecule has 0 unspecified atom stereocenters. The zero-order valence-electron chi connectivity index (χ0n) is 9.50. The minimum Gasteiger partial charge on any atom is -0.302 e. The Bertz CT molecular complexity index is 506. The molecule has 0 saturated heterocycles. The molecular weight excluding hydrogens is 208 g/mol. The van der Waals surface area contributed by atoms with Crippen molar-refractivity contribution in [1.29, 1.82) is 0 Å². The molecule has 2 aromatic heterocycles. The van der Waals surface area contributed by atoms with Crippen LogP contribution in [0.1, 0.15) is 32.2 Å². The number of aryl methyl sites for hydroxylation is 1. The summed E-state index contributed by atoms with van der Waals surface area (Å²) < 4.78 is 2.08. The smallest absolute Gasteiger partial charge is 0.155 e. The summed E-state index contributed by atoms with van der Waals surface area (Å²) in [5, 5.41) is 0.595. The zero-order chi connectivity index (χ0) is 11.2. The third kappa shape index (κ3) is 1.63. The highest BCUT2D eigenvalue weighted by atomic mass is 35.5. The van der Waals surface area contributed by atoms with Crippen molar-refractivity contribution in [3.05, 3.63) is 34.9 Å². The van der Waals surface area contributed by atoms with Crippen LogP contribution in [0.4, 0.5) is 0 Å². The number of nitrogens with zero attached hydrogens (tertiary/aromatic N) is 2. The molecular formula is C12H15ClN2. The highest BCUT2D eigenvalue weighted by molar-refractivity contribution is 6.32. The van der Waals surface area contributed by atoms with Crippen molar-refractivity contribution in [2.45, 2.75) is 33.1 Å². The number of pyridine rings is 1. The van der Waals surface area contributed by atoms with Crippen molar-refractivity contribution in [2.75, 3.05) is 0 Å². The third-order valence-electron chi connectivity index (χ3n) is 2.49. The fourth-order valence-corrected chi connectivity index (χ4v) is 2.10. The van der Waals surface area contributed by atoms with E-state index in [9.17, 15) is 0 Å². The summed E-state index contributed by atoms with van der Waals surface area (Å²) in [7, 11) is 0. The van der Waals surface area contributed by atoms with Crippen LogP contribution in [-0.4, -0.2) is 9.38 Å². The lowest BCUT2D eigenvalue weighted by atomic mass is 9.96. The van der Waals surface area contributed by atoms with Crippen LogP contribution in [0.25, 0.3) is 5.52 Å². The van der Waals surface area contributed by atoms with Crippen molar-refractivity contribution in [3.8, 4) is 0 Å². The SMILES string of the molecule is Cc1cccn2c(C(C)(C)C)nc(Cl)c12. The second-order valence-corrected chi connectivity index (χ2v) is 5.24. The van der Waals surface area contributed by atoms with Gasteiger partial charge in [0.1, 0.15) is 5.82 Å². The van der Waals surface area contributed by atoms with Gasteiger partial charge in [-0.1, -0.05) is 38.4 Å². The topological polar surface area (TPSA) is 17.3 Å². The van der Waals surface area contributed by atoms with E-state index in [2.05, 4.69) is 43.1 Å². The number of halogens is 1. The van der Waals surface area contributed by atoms with Crippen molar-refractivity contribution in [3.63, 3.8) is 0 Å². The van der Waals surface area contributed by atoms with E-state index in [1.165, 1.54) is 0 Å². The molecule has 2 heterocycles. The third-order valence-corrected chi connectivity index (χ3v) is 2.76. The number of imidazole rings is 1. The quantitative estimate of drug-likeness (QED) is 0.666. The molecule has 15 heavy (non-hydrogen) atoms. The predicted molar refractivity (Wildman–Crippen MR) is 63.6 cm³/mol. The van der Waals surface area contributed by atoms with Gasteiger partial charge in [0.2, 0.25) is 0 Å². The molecule has 0 bridgehead atoms. The molecule has 0 N–H and O–H groups in total. The molecule has 0 aromatic carbocycles. The van der Waals surface area contributed by atoms with Crippen LogP contribution < -0.4 is 0 Å². The fourth-order valence-electron chi connectivity index (χ4n) is 1.78. The minimum atomic E-state index is 0.00382. The monoisotopic (exact) mass is 222 g/mol. The molecule has 80 valence electrons. The summed E-state index contributed by atoms with van der Waals surface area (Å²) in [5.74, 6) is 1.01. The van der Waals surface area contributed by atoms with Crippen LogP contribution in [0.15, 0.2) is 18.3 Å². The van der Waals surface area contributed by atoms with Gasteiger partial charge in [0.25, 0.3) is 0 Å². The normalized spacial score (nSPS) is 12.3. The first kappa shape index (κ1) is 10.5. The second-order valence-electron chi connectivity index (χ2n) is 4.89. The Balaban J connectivity index is 2.85. The maximum Gasteiger partial charge on any atom is 0.155 e. The standard InChI is InChI=1S/C12H15ClN2/c1-8-6-5-7-15-9(8)10(13)14-11(15)12(2,3)4/h5-7H,1-4H3. The lowest BCUT2D eigenvalue weighted by molar-refractivity contribution is 0.543. The maximum absolute atomic E-state index is 6.16. The van der Waals surface area contributed by atoms with E-state index in [0.717, 1.165) is 16.9 Å². The molecule has 0 aliphatic carbocycles. The molecule has 2 aromatic rings. The Labute approximate surface area is 94.9 Å². The first-order valence-electron chi connectivity index (χ1n) is 5.05. The molecule has 2 nitrogen and oxygen atoms in total. The number of fused-ring (bicyclic) bond motifs is 1. The zero-order valence-corrected chi connectivity index (χ0v) is 10.3. The summed E-state index contributed by atoms with van der Waals surface area (Å²) in [6.07, 6.45) is 2.02. The Hall–Kier alpha value is -1.02. The van der Waals surface area contributed by atoms with Gasteiger partial charge in [-0.25, -0.2) is 4.98 Å². The van der Waals surface area contributed by atoms with Crippen molar-refractivity contribution >= 4 is 17.1 Å². The van der Waals surface area contributed by atoms with Gasteiger partial charge in [0.05, 0.1) is 5.52 Å². The molecule has 0 aliphatic rings. The van der Waals surface area contributed by atoms with E-state index in [-0.39, 0.29) is 5.41 Å². The average molecular weight is 223 g/mol. The van der Waals surface area contributed by atoms with Crippen LogP contribution in [0.5, 0.6) is 0 Å². The predicted octanol–water partition coefficient (Wildman–Crippen LogP) is 3.59. The molecule has 0 atom stereocenters. The van der Waals surface area contributed by atoms with Gasteiger partial charge < -0.3 is 4.40 Å². The first-order valence-corrected chi connectivity index (χ1v) is 5.42. The van der Waals surface area contributed by atoms with Crippen LogP contribution >= 0.6 is 11.6 Å². The average Bonchev–Trinajstić information content (AvgIpc) is 2.44. The molecule has 0 radical (unpaired) electrons. The van der Waals surface area contributed by atoms with Crippen LogP contribution in [-0.2, 0) is 5.41 Å². The van der Waals surface area contributed by atoms with Crippen molar-refractivity contribution in [1.82, 2.24) is 9.38 Å². The van der Waals surface area contributed by atoms with E-state index >= 15 is 0 Å². The summed E-state index contributed by atoms with van der Waals surface area (Å²) in [6, 6.07) is 4.07. The van der Waals surface area contributed by atoms with Gasteiger partial charge in [0.15, 0.2) is 5.15 Å². The summed E-state index contributed by atoms with van der Waals surface area (Å²) in [5.41, 5.74) is 2.18. The van der Waals surface area contributed by atoms with Gasteiger partial charge in [-0.05, 0) is 18.6 Å². The van der Waals surface area contributed by atoms with Crippen LogP contribution in [0.2, 0.25) is 5.15 Å². The van der Waals surface area contributed by atoms with Gasteiger partial charge in [-0.2, -0.15) is 0 Å². The van der Waals surface area contributed by atoms with Crippen molar-refractivity contribution in [2.24, 2.45) is 0 Å². The summed E-state index contributed by atoms with van der Waals surface area (Å²) in [4.78, 5) is 4.45. The Kier molecular flexibility index (Phi) is 2.27. The molecule has 2 rings (SSSR count). The summed E-state index contributed by atoms with van der Waals surface area (Å²) >= 11 is 6.16. The lowest BCUT2D eigenvalue weighted by Crippen LogP contribution is -2.15. The second kappa shape index (κ2) is 3.24. The number of rotatable bonds is 0. The Morgan fingerprint density at radius 2 is 2.00 bits per heavy atom. The molecule has 0 fully saturated rings. The number of hydrogen-bond acceptors (Lipinski definition) is 1. The number of hydrogen-bond donors (Lipinski definition) is 0. The molecule has 0 saturated carbocycles. The largest absolute Gasteiger partial charge is 0.302 e. The van der Waals surface area contributed by atoms with E-state index in [4.69, 9.17) is 11.6 Å². The van der Waals surface area contributed by atoms with E-state index in [0.29, 0.717) is 5.15 Å². The Morgan fingerprint density at radius 1 is 1.33 bits per heavy atom. The lowest BCUT2D eigenvalue weighted by Gasteiger charge is -2.16. The summed E-state index contributed by atoms with van der Waals surface area (Å²) in [6.45, 7) is 8.47. The molecule has 0 aliphatic heterocycles. The van der Waals surface area contributed by atoms with E-state index in [1.807, 2.05) is 12.3 Å². The molecule has 3 heteroatoms. The van der Waals surface area contributed by atoms with Gasteiger partial charge >= 0.3 is 0 Å². The van der Waals surface area contributed by atoms with E-state index in [1.54, 1.807) is 0 Å². The first-order chi connectivity index (χ1) is 6.91. The highest BCUT2D eigenvalue weighted by Crippen LogP contribution is 2.28. The van der Waals surface area contributed by atoms with Crippen LogP contribution in [0.3, 0.4) is 0 Å². The van der Waals surface area contributed by atoms with Crippen molar-refractivity contribution < 1.29 is 0 Å². The Morgan fingerprint density at radius 3 is 2.60 bits per heavy atom. The number of aromatic nitrogens is 2. The highest BCUT2D eigenvalue weighted by Gasteiger charge is 2.22. The van der Waals surface area contributed by atoms with Crippen LogP contribution in [0, 0.1) is 6.92 Å². The fraction of sp³-hybridized carbons (Fsp3) is 0.417. The molecule has 0 amide bonds. The molecule has 0 spiro atoms.